The lowest BCUT2D eigenvalue weighted by molar-refractivity contribution is -0.160. The fourth-order valence-corrected chi connectivity index (χ4v) is 6.75. The quantitative estimate of drug-likeness (QED) is 0.685. The van der Waals surface area contributed by atoms with Crippen LogP contribution in [0, 0.1) is 17.8 Å². The summed E-state index contributed by atoms with van der Waals surface area (Å²) >= 11 is 0. The van der Waals surface area contributed by atoms with Crippen molar-refractivity contribution in [3.63, 3.8) is 0 Å². The van der Waals surface area contributed by atoms with E-state index < -0.39 is 10.0 Å². The lowest BCUT2D eigenvalue weighted by Crippen LogP contribution is -2.52. The Balaban J connectivity index is 1.33. The first-order chi connectivity index (χ1) is 12.9. The van der Waals surface area contributed by atoms with Gasteiger partial charge in [0.1, 0.15) is 0 Å². The Morgan fingerprint density at radius 3 is 2.15 bits per heavy atom. The molecule has 0 atom stereocenters. The highest BCUT2D eigenvalue weighted by molar-refractivity contribution is 7.89. The smallest absolute Gasteiger partial charge is 0.240 e. The van der Waals surface area contributed by atoms with Crippen LogP contribution >= 0.6 is 0 Å². The van der Waals surface area contributed by atoms with E-state index in [2.05, 4.69) is 4.72 Å². The SMILES string of the molecule is COc1ccc(S(=O)(=O)NCCOC23CC4CC(CC(C4)C2)C3)cc1OC. The van der Waals surface area contributed by atoms with Crippen molar-refractivity contribution in [3.05, 3.63) is 18.2 Å². The van der Waals surface area contributed by atoms with Crippen LogP contribution in [0.2, 0.25) is 0 Å². The molecule has 4 aliphatic rings. The highest BCUT2D eigenvalue weighted by Gasteiger charge is 2.51. The van der Waals surface area contributed by atoms with E-state index in [4.69, 9.17) is 14.2 Å². The number of benzene rings is 1. The fraction of sp³-hybridized carbons (Fsp3) is 0.700. The summed E-state index contributed by atoms with van der Waals surface area (Å²) in [5.74, 6) is 3.35. The van der Waals surface area contributed by atoms with Crippen LogP contribution in [0.4, 0.5) is 0 Å². The third kappa shape index (κ3) is 3.82. The summed E-state index contributed by atoms with van der Waals surface area (Å²) in [7, 11) is -0.605. The van der Waals surface area contributed by atoms with Crippen molar-refractivity contribution in [1.82, 2.24) is 4.72 Å². The van der Waals surface area contributed by atoms with Gasteiger partial charge in [-0.1, -0.05) is 0 Å². The van der Waals surface area contributed by atoms with Crippen LogP contribution in [0.25, 0.3) is 0 Å². The number of methoxy groups -OCH3 is 2. The normalized spacial score (nSPS) is 31.9. The molecular weight excluding hydrogens is 366 g/mol. The van der Waals surface area contributed by atoms with E-state index in [-0.39, 0.29) is 17.0 Å². The number of ether oxygens (including phenoxy) is 3. The predicted molar refractivity (Wildman–Crippen MR) is 102 cm³/mol. The minimum absolute atomic E-state index is 0.00350. The molecule has 0 aromatic heterocycles. The van der Waals surface area contributed by atoms with Gasteiger partial charge in [0.25, 0.3) is 0 Å². The molecule has 0 radical (unpaired) electrons. The van der Waals surface area contributed by atoms with Gasteiger partial charge in [0, 0.05) is 12.6 Å². The van der Waals surface area contributed by atoms with Crippen LogP contribution in [-0.2, 0) is 14.8 Å². The minimum atomic E-state index is -3.61. The van der Waals surface area contributed by atoms with E-state index in [1.807, 2.05) is 0 Å². The van der Waals surface area contributed by atoms with Gasteiger partial charge in [-0.2, -0.15) is 0 Å². The van der Waals surface area contributed by atoms with E-state index in [0.717, 1.165) is 37.0 Å². The molecule has 6 nitrogen and oxygen atoms in total. The van der Waals surface area contributed by atoms with Crippen molar-refractivity contribution >= 4 is 10.0 Å². The third-order valence-corrected chi connectivity index (χ3v) is 7.91. The van der Waals surface area contributed by atoms with Crippen molar-refractivity contribution in [2.45, 2.75) is 49.0 Å². The summed E-state index contributed by atoms with van der Waals surface area (Å²) in [6.07, 6.45) is 7.57. The second-order valence-electron chi connectivity index (χ2n) is 8.36. The zero-order chi connectivity index (χ0) is 19.1. The van der Waals surface area contributed by atoms with E-state index >= 15 is 0 Å². The first-order valence-corrected chi connectivity index (χ1v) is 11.3. The number of nitrogens with one attached hydrogen (secondary N) is 1. The lowest BCUT2D eigenvalue weighted by atomic mass is 9.54. The maximum absolute atomic E-state index is 12.6. The molecule has 1 aromatic rings. The maximum atomic E-state index is 12.6. The van der Waals surface area contributed by atoms with Crippen LogP contribution in [0.3, 0.4) is 0 Å². The van der Waals surface area contributed by atoms with Crippen molar-refractivity contribution in [1.29, 1.82) is 0 Å². The van der Waals surface area contributed by atoms with Crippen molar-refractivity contribution < 1.29 is 22.6 Å². The molecule has 1 N–H and O–H groups in total. The monoisotopic (exact) mass is 395 g/mol. The zero-order valence-corrected chi connectivity index (χ0v) is 16.9. The molecule has 5 rings (SSSR count). The minimum Gasteiger partial charge on any atom is -0.493 e. The summed E-state index contributed by atoms with van der Waals surface area (Å²) in [4.78, 5) is 0.162. The molecule has 0 heterocycles. The maximum Gasteiger partial charge on any atom is 0.240 e. The Morgan fingerprint density at radius 1 is 1.00 bits per heavy atom. The number of sulfonamides is 1. The third-order valence-electron chi connectivity index (χ3n) is 6.45. The molecule has 7 heteroatoms. The van der Waals surface area contributed by atoms with E-state index in [1.54, 1.807) is 6.07 Å². The summed E-state index contributed by atoms with van der Waals surface area (Å²) < 4.78 is 44.4. The molecule has 0 saturated heterocycles. The molecule has 0 amide bonds. The van der Waals surface area contributed by atoms with E-state index in [9.17, 15) is 8.42 Å². The molecule has 1 aromatic carbocycles. The fourth-order valence-electron chi connectivity index (χ4n) is 5.72. The lowest BCUT2D eigenvalue weighted by Gasteiger charge is -2.56. The van der Waals surface area contributed by atoms with Crippen molar-refractivity contribution in [2.75, 3.05) is 27.4 Å². The predicted octanol–water partition coefficient (Wildman–Crippen LogP) is 2.97. The van der Waals surface area contributed by atoms with E-state index in [0.29, 0.717) is 18.1 Å². The van der Waals surface area contributed by atoms with E-state index in [1.165, 1.54) is 45.6 Å². The Labute approximate surface area is 161 Å². The van der Waals surface area contributed by atoms with Crippen LogP contribution in [0.15, 0.2) is 23.1 Å². The molecule has 4 fully saturated rings. The van der Waals surface area contributed by atoms with Gasteiger partial charge < -0.3 is 14.2 Å². The summed E-state index contributed by atoms with van der Waals surface area (Å²) in [6, 6.07) is 4.59. The summed E-state index contributed by atoms with van der Waals surface area (Å²) in [5, 5.41) is 0. The van der Waals surface area contributed by atoms with Gasteiger partial charge in [0.15, 0.2) is 11.5 Å². The van der Waals surface area contributed by atoms with Gasteiger partial charge in [-0.25, -0.2) is 13.1 Å². The standard InChI is InChI=1S/C20H29NO5S/c1-24-18-4-3-17(10-19(18)25-2)27(22,23)21-5-6-26-20-11-14-7-15(12-20)9-16(8-14)13-20/h3-4,10,14-16,21H,5-9,11-13H2,1-2H3. The molecule has 150 valence electrons. The topological polar surface area (TPSA) is 73.9 Å². The molecule has 0 aliphatic heterocycles. The van der Waals surface area contributed by atoms with Gasteiger partial charge in [0.05, 0.1) is 31.3 Å². The van der Waals surface area contributed by atoms with Gasteiger partial charge in [-0.3, -0.25) is 0 Å². The summed E-state index contributed by atoms with van der Waals surface area (Å²) in [5.41, 5.74) is 0.00350. The molecule has 4 bridgehead atoms. The molecule has 4 aliphatic carbocycles. The van der Waals surface area contributed by atoms with Gasteiger partial charge in [0.2, 0.25) is 10.0 Å². The molecule has 4 saturated carbocycles. The van der Waals surface area contributed by atoms with Gasteiger partial charge in [-0.15, -0.1) is 0 Å². The summed E-state index contributed by atoms with van der Waals surface area (Å²) in [6.45, 7) is 0.692. The molecular formula is C20H29NO5S. The average molecular weight is 396 g/mol. The van der Waals surface area contributed by atoms with Crippen LogP contribution < -0.4 is 14.2 Å². The molecule has 0 unspecified atom stereocenters. The highest BCUT2D eigenvalue weighted by Crippen LogP contribution is 2.57. The Bertz CT molecular complexity index is 756. The van der Waals surface area contributed by atoms with Gasteiger partial charge in [-0.05, 0) is 68.4 Å². The first-order valence-electron chi connectivity index (χ1n) is 9.79. The van der Waals surface area contributed by atoms with Crippen LogP contribution in [-0.4, -0.2) is 41.4 Å². The molecule has 0 spiro atoms. The number of rotatable bonds is 8. The van der Waals surface area contributed by atoms with Crippen LogP contribution in [0.1, 0.15) is 38.5 Å². The first kappa shape index (κ1) is 19.0. The van der Waals surface area contributed by atoms with Gasteiger partial charge >= 0.3 is 0 Å². The van der Waals surface area contributed by atoms with Crippen molar-refractivity contribution in [2.24, 2.45) is 17.8 Å². The second-order valence-corrected chi connectivity index (χ2v) is 10.1. The second kappa shape index (κ2) is 7.26. The Kier molecular flexibility index (Phi) is 5.12. The average Bonchev–Trinajstić information content (AvgIpc) is 2.63. The Hall–Kier alpha value is -1.31. The molecule has 27 heavy (non-hydrogen) atoms. The number of hydrogen-bond acceptors (Lipinski definition) is 5. The highest BCUT2D eigenvalue weighted by atomic mass is 32.2. The number of hydrogen-bond donors (Lipinski definition) is 1. The Morgan fingerprint density at radius 2 is 1.59 bits per heavy atom. The van der Waals surface area contributed by atoms with Crippen LogP contribution in [0.5, 0.6) is 11.5 Å². The zero-order valence-electron chi connectivity index (χ0n) is 16.1. The largest absolute Gasteiger partial charge is 0.493 e. The van der Waals surface area contributed by atoms with Crippen molar-refractivity contribution in [3.8, 4) is 11.5 Å².